The average Bonchev–Trinajstić information content (AvgIpc) is 2.51. The molecule has 24 heavy (non-hydrogen) atoms. The molecule has 2 nitrogen and oxygen atoms in total. The topological polar surface area (TPSA) is 29.1 Å². The molecule has 1 N–H and O–H groups in total. The van der Waals surface area contributed by atoms with Gasteiger partial charge in [-0.1, -0.05) is 50.8 Å². The Morgan fingerprint density at radius 1 is 1.29 bits per heavy atom. The van der Waals surface area contributed by atoms with Gasteiger partial charge in [-0.3, -0.25) is 4.79 Å². The maximum atomic E-state index is 12.8. The molecule has 2 rings (SSSR count). The van der Waals surface area contributed by atoms with Crippen LogP contribution in [-0.2, 0) is 11.2 Å². The lowest BCUT2D eigenvalue weighted by Crippen LogP contribution is -2.44. The van der Waals surface area contributed by atoms with Crippen LogP contribution in [0, 0.1) is 12.8 Å². The van der Waals surface area contributed by atoms with Crippen LogP contribution in [0.1, 0.15) is 76.5 Å². The minimum absolute atomic E-state index is 0.0156. The molecule has 0 saturated carbocycles. The standard InChI is InChI=1S/C22H33NO/c1-6-8-9-10-17(7-2)21(24)14-20-19-13-16(3)11-12-18(19)15-22(4,5)23-20/h11-14,17,23H,6-10,15H2,1-5H3/b20-14-. The van der Waals surface area contributed by atoms with Crippen molar-refractivity contribution in [1.29, 1.82) is 0 Å². The van der Waals surface area contributed by atoms with Crippen LogP contribution in [0.5, 0.6) is 0 Å². The molecule has 0 fully saturated rings. The van der Waals surface area contributed by atoms with E-state index in [1.54, 1.807) is 0 Å². The Labute approximate surface area is 147 Å². The molecule has 0 radical (unpaired) electrons. The molecule has 0 amide bonds. The highest BCUT2D eigenvalue weighted by molar-refractivity contribution is 5.98. The number of benzene rings is 1. The summed E-state index contributed by atoms with van der Waals surface area (Å²) in [7, 11) is 0. The second-order valence-electron chi connectivity index (χ2n) is 7.91. The van der Waals surface area contributed by atoms with Gasteiger partial charge in [0.1, 0.15) is 0 Å². The van der Waals surface area contributed by atoms with Gasteiger partial charge < -0.3 is 5.32 Å². The molecule has 0 saturated heterocycles. The number of allylic oxidation sites excluding steroid dienone is 1. The third-order valence-electron chi connectivity index (χ3n) is 5.00. The number of unbranched alkanes of at least 4 members (excludes halogenated alkanes) is 2. The summed E-state index contributed by atoms with van der Waals surface area (Å²) in [6, 6.07) is 6.58. The van der Waals surface area contributed by atoms with Crippen molar-refractivity contribution >= 4 is 11.5 Å². The smallest absolute Gasteiger partial charge is 0.160 e. The number of hydrogen-bond acceptors (Lipinski definition) is 2. The Morgan fingerprint density at radius 3 is 2.71 bits per heavy atom. The lowest BCUT2D eigenvalue weighted by atomic mass is 9.84. The van der Waals surface area contributed by atoms with E-state index in [-0.39, 0.29) is 17.2 Å². The maximum Gasteiger partial charge on any atom is 0.160 e. The summed E-state index contributed by atoms with van der Waals surface area (Å²) in [6.07, 6.45) is 8.37. The van der Waals surface area contributed by atoms with Gasteiger partial charge in [-0.25, -0.2) is 0 Å². The fourth-order valence-electron chi connectivity index (χ4n) is 3.61. The van der Waals surface area contributed by atoms with Crippen molar-refractivity contribution in [1.82, 2.24) is 5.32 Å². The van der Waals surface area contributed by atoms with Gasteiger partial charge in [0, 0.05) is 28.8 Å². The lowest BCUT2D eigenvalue weighted by molar-refractivity contribution is -0.118. The second-order valence-corrected chi connectivity index (χ2v) is 7.91. The quantitative estimate of drug-likeness (QED) is 0.534. The average molecular weight is 328 g/mol. The summed E-state index contributed by atoms with van der Waals surface area (Å²) in [5.41, 5.74) is 4.76. The molecular formula is C22H33NO. The van der Waals surface area contributed by atoms with Crippen LogP contribution in [0.25, 0.3) is 5.70 Å². The number of rotatable bonds is 7. The maximum absolute atomic E-state index is 12.8. The van der Waals surface area contributed by atoms with Gasteiger partial charge in [-0.05, 0) is 51.7 Å². The molecule has 1 heterocycles. The summed E-state index contributed by atoms with van der Waals surface area (Å²) in [5.74, 6) is 0.436. The van der Waals surface area contributed by atoms with Gasteiger partial charge in [0.25, 0.3) is 0 Å². The number of fused-ring (bicyclic) bond motifs is 1. The predicted octanol–water partition coefficient (Wildman–Crippen LogP) is 5.44. The van der Waals surface area contributed by atoms with E-state index in [0.717, 1.165) is 31.4 Å². The minimum atomic E-state index is -0.0156. The van der Waals surface area contributed by atoms with Crippen molar-refractivity contribution < 1.29 is 4.79 Å². The number of carbonyl (C=O) groups is 1. The fraction of sp³-hybridized carbons (Fsp3) is 0.591. The van der Waals surface area contributed by atoms with E-state index >= 15 is 0 Å². The summed E-state index contributed by atoms with van der Waals surface area (Å²) >= 11 is 0. The zero-order valence-electron chi connectivity index (χ0n) is 16.0. The van der Waals surface area contributed by atoms with Crippen LogP contribution in [-0.4, -0.2) is 11.3 Å². The molecule has 1 aromatic rings. The molecule has 1 aromatic carbocycles. The number of aryl methyl sites for hydroxylation is 1. The molecule has 2 heteroatoms. The van der Waals surface area contributed by atoms with Crippen LogP contribution in [0.2, 0.25) is 0 Å². The van der Waals surface area contributed by atoms with Gasteiger partial charge in [0.2, 0.25) is 0 Å². The minimum Gasteiger partial charge on any atom is -0.379 e. The van der Waals surface area contributed by atoms with E-state index in [1.165, 1.54) is 29.5 Å². The number of hydrogen-bond donors (Lipinski definition) is 1. The van der Waals surface area contributed by atoms with Crippen LogP contribution < -0.4 is 5.32 Å². The van der Waals surface area contributed by atoms with Gasteiger partial charge in [0.15, 0.2) is 5.78 Å². The van der Waals surface area contributed by atoms with Crippen molar-refractivity contribution in [3.05, 3.63) is 41.0 Å². The Kier molecular flexibility index (Phi) is 6.26. The third kappa shape index (κ3) is 4.72. The molecular weight excluding hydrogens is 294 g/mol. The first-order chi connectivity index (χ1) is 11.4. The predicted molar refractivity (Wildman–Crippen MR) is 103 cm³/mol. The molecule has 1 aliphatic heterocycles. The van der Waals surface area contributed by atoms with Crippen LogP contribution in [0.3, 0.4) is 0 Å². The first-order valence-electron chi connectivity index (χ1n) is 9.50. The Hall–Kier alpha value is -1.57. The Balaban J connectivity index is 2.27. The lowest BCUT2D eigenvalue weighted by Gasteiger charge is -2.36. The van der Waals surface area contributed by atoms with Crippen molar-refractivity contribution in [2.75, 3.05) is 0 Å². The summed E-state index contributed by atoms with van der Waals surface area (Å²) in [4.78, 5) is 12.8. The zero-order valence-corrected chi connectivity index (χ0v) is 16.0. The first-order valence-corrected chi connectivity index (χ1v) is 9.50. The Bertz CT molecular complexity index is 612. The number of ketones is 1. The second kappa shape index (κ2) is 8.00. The summed E-state index contributed by atoms with van der Waals surface area (Å²) in [5, 5.41) is 3.59. The van der Waals surface area contributed by atoms with E-state index < -0.39 is 0 Å². The molecule has 0 bridgehead atoms. The van der Waals surface area contributed by atoms with Gasteiger partial charge in [0.05, 0.1) is 0 Å². The van der Waals surface area contributed by atoms with E-state index in [1.807, 2.05) is 6.08 Å². The van der Waals surface area contributed by atoms with Crippen molar-refractivity contribution in [3.63, 3.8) is 0 Å². The summed E-state index contributed by atoms with van der Waals surface area (Å²) in [6.45, 7) is 10.8. The highest BCUT2D eigenvalue weighted by atomic mass is 16.1. The monoisotopic (exact) mass is 327 g/mol. The normalized spacial score (nSPS) is 18.8. The highest BCUT2D eigenvalue weighted by Gasteiger charge is 2.28. The van der Waals surface area contributed by atoms with Crippen LogP contribution in [0.15, 0.2) is 24.3 Å². The molecule has 1 aliphatic rings. The number of nitrogens with one attached hydrogen (secondary N) is 1. The molecule has 0 aliphatic carbocycles. The zero-order chi connectivity index (χ0) is 17.7. The van der Waals surface area contributed by atoms with Gasteiger partial charge in [-0.15, -0.1) is 0 Å². The largest absolute Gasteiger partial charge is 0.379 e. The molecule has 1 atom stereocenters. The van der Waals surface area contributed by atoms with Crippen molar-refractivity contribution in [3.8, 4) is 0 Å². The first kappa shape index (κ1) is 18.8. The number of carbonyl (C=O) groups excluding carboxylic acids is 1. The van der Waals surface area contributed by atoms with Gasteiger partial charge >= 0.3 is 0 Å². The van der Waals surface area contributed by atoms with Crippen molar-refractivity contribution in [2.45, 2.75) is 78.7 Å². The fourth-order valence-corrected chi connectivity index (χ4v) is 3.61. The van der Waals surface area contributed by atoms with E-state index in [0.29, 0.717) is 0 Å². The molecule has 0 aromatic heterocycles. The third-order valence-corrected chi connectivity index (χ3v) is 5.00. The van der Waals surface area contributed by atoms with E-state index in [4.69, 9.17) is 0 Å². The highest BCUT2D eigenvalue weighted by Crippen LogP contribution is 2.31. The summed E-state index contributed by atoms with van der Waals surface area (Å²) < 4.78 is 0. The van der Waals surface area contributed by atoms with Gasteiger partial charge in [-0.2, -0.15) is 0 Å². The van der Waals surface area contributed by atoms with E-state index in [2.05, 4.69) is 58.1 Å². The molecule has 0 spiro atoms. The Morgan fingerprint density at radius 2 is 2.04 bits per heavy atom. The van der Waals surface area contributed by atoms with Crippen LogP contribution >= 0.6 is 0 Å². The van der Waals surface area contributed by atoms with Crippen molar-refractivity contribution in [2.24, 2.45) is 5.92 Å². The van der Waals surface area contributed by atoms with E-state index in [9.17, 15) is 4.79 Å². The molecule has 132 valence electrons. The molecule has 1 unspecified atom stereocenters. The SMILES string of the molecule is CCCCCC(CC)C(=O)/C=C1\NC(C)(C)Cc2ccc(C)cc21. The van der Waals surface area contributed by atoms with Crippen LogP contribution in [0.4, 0.5) is 0 Å².